The molecule has 18 heavy (non-hydrogen) atoms. The summed E-state index contributed by atoms with van der Waals surface area (Å²) in [4.78, 5) is 33.7. The van der Waals surface area contributed by atoms with Crippen LogP contribution in [0.4, 0.5) is 0 Å². The quantitative estimate of drug-likeness (QED) is 0.672. The molecular weight excluding hydrogens is 232 g/mol. The number of hydrogen-bond acceptors (Lipinski definition) is 4. The second-order valence-corrected chi connectivity index (χ2v) is 5.21. The maximum Gasteiger partial charge on any atom is 0.217 e. The number of carbonyl (C=O) groups excluding carboxylic acids is 3. The Hall–Kier alpha value is -1.23. The number of carbonyl (C=O) groups is 3. The SMILES string of the molecule is CC1CCC(N[C@H](C=O)CCC(N)=O)C(=O)C1C. The van der Waals surface area contributed by atoms with Crippen LogP contribution in [-0.4, -0.2) is 30.1 Å². The first-order chi connectivity index (χ1) is 8.45. The average Bonchev–Trinajstić information content (AvgIpc) is 2.34. The van der Waals surface area contributed by atoms with Gasteiger partial charge in [-0.25, -0.2) is 0 Å². The molecule has 1 aliphatic carbocycles. The number of ketones is 1. The summed E-state index contributed by atoms with van der Waals surface area (Å²) in [7, 11) is 0. The summed E-state index contributed by atoms with van der Waals surface area (Å²) in [6.07, 6.45) is 2.99. The molecule has 0 heterocycles. The number of nitrogens with two attached hydrogens (primary N) is 1. The first kappa shape index (κ1) is 14.8. The summed E-state index contributed by atoms with van der Waals surface area (Å²) in [5, 5.41) is 3.04. The van der Waals surface area contributed by atoms with Crippen molar-refractivity contribution < 1.29 is 14.4 Å². The van der Waals surface area contributed by atoms with Gasteiger partial charge in [0.25, 0.3) is 0 Å². The van der Waals surface area contributed by atoms with Crippen molar-refractivity contribution in [1.29, 1.82) is 0 Å². The van der Waals surface area contributed by atoms with Crippen LogP contribution in [0.5, 0.6) is 0 Å². The maximum atomic E-state index is 12.1. The van der Waals surface area contributed by atoms with E-state index in [4.69, 9.17) is 5.73 Å². The van der Waals surface area contributed by atoms with Crippen molar-refractivity contribution in [2.24, 2.45) is 17.6 Å². The van der Waals surface area contributed by atoms with E-state index < -0.39 is 11.9 Å². The van der Waals surface area contributed by atoms with Gasteiger partial charge in [-0.3, -0.25) is 14.9 Å². The molecular formula is C13H22N2O3. The fourth-order valence-electron chi connectivity index (χ4n) is 2.33. The highest BCUT2D eigenvalue weighted by Gasteiger charge is 2.33. The van der Waals surface area contributed by atoms with Crippen molar-refractivity contribution >= 4 is 18.0 Å². The topological polar surface area (TPSA) is 89.3 Å². The fraction of sp³-hybridized carbons (Fsp3) is 0.769. The zero-order chi connectivity index (χ0) is 13.7. The predicted octanol–water partition coefficient (Wildman–Crippen LogP) is 0.413. The molecule has 0 bridgehead atoms. The Morgan fingerprint density at radius 1 is 1.50 bits per heavy atom. The molecule has 3 N–H and O–H groups in total. The lowest BCUT2D eigenvalue weighted by atomic mass is 9.78. The van der Waals surface area contributed by atoms with Crippen LogP contribution in [0.25, 0.3) is 0 Å². The molecule has 0 radical (unpaired) electrons. The minimum atomic E-state index is -0.466. The molecule has 1 rings (SSSR count). The molecule has 1 fully saturated rings. The Kier molecular flexibility index (Phi) is 5.47. The molecule has 1 amide bonds. The number of rotatable bonds is 6. The van der Waals surface area contributed by atoms with Gasteiger partial charge < -0.3 is 10.5 Å². The number of aldehydes is 1. The first-order valence-corrected chi connectivity index (χ1v) is 6.49. The Balaban J connectivity index is 2.51. The average molecular weight is 254 g/mol. The summed E-state index contributed by atoms with van der Waals surface area (Å²) in [6.45, 7) is 4.00. The van der Waals surface area contributed by atoms with Gasteiger partial charge in [-0.05, 0) is 25.2 Å². The molecule has 0 aromatic rings. The van der Waals surface area contributed by atoms with Gasteiger partial charge in [0.15, 0.2) is 5.78 Å². The van der Waals surface area contributed by atoms with Crippen molar-refractivity contribution in [3.63, 3.8) is 0 Å². The van der Waals surface area contributed by atoms with Crippen molar-refractivity contribution in [3.05, 3.63) is 0 Å². The van der Waals surface area contributed by atoms with Crippen molar-refractivity contribution in [3.8, 4) is 0 Å². The highest BCUT2D eigenvalue weighted by molar-refractivity contribution is 5.87. The van der Waals surface area contributed by atoms with E-state index in [0.717, 1.165) is 19.1 Å². The molecule has 3 unspecified atom stereocenters. The van der Waals surface area contributed by atoms with Crippen LogP contribution in [-0.2, 0) is 14.4 Å². The van der Waals surface area contributed by atoms with Crippen LogP contribution in [0, 0.1) is 11.8 Å². The van der Waals surface area contributed by atoms with Gasteiger partial charge in [0.05, 0.1) is 12.1 Å². The summed E-state index contributed by atoms with van der Waals surface area (Å²) < 4.78 is 0. The Morgan fingerprint density at radius 2 is 2.17 bits per heavy atom. The van der Waals surface area contributed by atoms with Crippen LogP contribution in [0.1, 0.15) is 39.5 Å². The summed E-state index contributed by atoms with van der Waals surface area (Å²) in [5.41, 5.74) is 5.05. The number of nitrogens with one attached hydrogen (secondary N) is 1. The van der Waals surface area contributed by atoms with Crippen LogP contribution in [0.2, 0.25) is 0 Å². The molecule has 1 aliphatic rings. The third-order valence-electron chi connectivity index (χ3n) is 3.84. The molecule has 102 valence electrons. The minimum absolute atomic E-state index is 0.0275. The first-order valence-electron chi connectivity index (χ1n) is 6.49. The zero-order valence-corrected chi connectivity index (χ0v) is 11.0. The van der Waals surface area contributed by atoms with E-state index in [0.29, 0.717) is 12.3 Å². The largest absolute Gasteiger partial charge is 0.370 e. The highest BCUT2D eigenvalue weighted by Crippen LogP contribution is 2.26. The van der Waals surface area contributed by atoms with Gasteiger partial charge in [-0.15, -0.1) is 0 Å². The van der Waals surface area contributed by atoms with Gasteiger partial charge in [0.1, 0.15) is 6.29 Å². The lowest BCUT2D eigenvalue weighted by molar-refractivity contribution is -0.128. The van der Waals surface area contributed by atoms with Crippen LogP contribution < -0.4 is 11.1 Å². The van der Waals surface area contributed by atoms with E-state index in [9.17, 15) is 14.4 Å². The van der Waals surface area contributed by atoms with Crippen LogP contribution >= 0.6 is 0 Å². The fourth-order valence-corrected chi connectivity index (χ4v) is 2.33. The molecule has 4 atom stereocenters. The second kappa shape index (κ2) is 6.64. The molecule has 0 spiro atoms. The van der Waals surface area contributed by atoms with Gasteiger partial charge in [0.2, 0.25) is 5.91 Å². The predicted molar refractivity (Wildman–Crippen MR) is 67.8 cm³/mol. The molecule has 5 nitrogen and oxygen atoms in total. The zero-order valence-electron chi connectivity index (χ0n) is 11.0. The smallest absolute Gasteiger partial charge is 0.217 e. The van der Waals surface area contributed by atoms with Gasteiger partial charge >= 0.3 is 0 Å². The van der Waals surface area contributed by atoms with E-state index in [1.165, 1.54) is 0 Å². The molecule has 0 aliphatic heterocycles. The van der Waals surface area contributed by atoms with E-state index in [2.05, 4.69) is 12.2 Å². The Morgan fingerprint density at radius 3 is 2.72 bits per heavy atom. The Bertz CT molecular complexity index is 330. The third-order valence-corrected chi connectivity index (χ3v) is 3.84. The van der Waals surface area contributed by atoms with Crippen molar-refractivity contribution in [2.45, 2.75) is 51.6 Å². The molecule has 0 saturated heterocycles. The van der Waals surface area contributed by atoms with E-state index in [1.54, 1.807) is 0 Å². The van der Waals surface area contributed by atoms with Crippen molar-refractivity contribution in [1.82, 2.24) is 5.32 Å². The lowest BCUT2D eigenvalue weighted by Gasteiger charge is -2.32. The molecule has 1 saturated carbocycles. The molecule has 0 aromatic carbocycles. The summed E-state index contributed by atoms with van der Waals surface area (Å²) in [6, 6.07) is -0.730. The number of amides is 1. The lowest BCUT2D eigenvalue weighted by Crippen LogP contribution is -2.49. The Labute approximate surface area is 107 Å². The standard InChI is InChI=1S/C13H22N2O3/c1-8-3-5-11(13(18)9(8)2)15-10(7-16)4-6-12(14)17/h7-11,15H,3-6H2,1-2H3,(H2,14,17)/t8?,9?,10-,11?/m0/s1. The van der Waals surface area contributed by atoms with E-state index in [-0.39, 0.29) is 24.2 Å². The highest BCUT2D eigenvalue weighted by atomic mass is 16.1. The van der Waals surface area contributed by atoms with Gasteiger partial charge in [0, 0.05) is 12.3 Å². The maximum absolute atomic E-state index is 12.1. The van der Waals surface area contributed by atoms with Gasteiger partial charge in [-0.2, -0.15) is 0 Å². The molecule has 5 heteroatoms. The normalized spacial score (nSPS) is 29.9. The summed E-state index contributed by atoms with van der Waals surface area (Å²) >= 11 is 0. The van der Waals surface area contributed by atoms with E-state index >= 15 is 0 Å². The summed E-state index contributed by atoms with van der Waals surface area (Å²) in [5.74, 6) is 0.163. The molecule has 0 aromatic heterocycles. The number of primary amides is 1. The third kappa shape index (κ3) is 3.91. The number of hydrogen-bond donors (Lipinski definition) is 2. The van der Waals surface area contributed by atoms with Crippen molar-refractivity contribution in [2.75, 3.05) is 0 Å². The van der Waals surface area contributed by atoms with Crippen LogP contribution in [0.15, 0.2) is 0 Å². The monoisotopic (exact) mass is 254 g/mol. The van der Waals surface area contributed by atoms with E-state index in [1.807, 2.05) is 6.92 Å². The number of Topliss-reactive ketones (excluding diaryl/α,β-unsaturated/α-hetero) is 1. The second-order valence-electron chi connectivity index (χ2n) is 5.21. The minimum Gasteiger partial charge on any atom is -0.370 e. The van der Waals surface area contributed by atoms with Crippen LogP contribution in [0.3, 0.4) is 0 Å². The van der Waals surface area contributed by atoms with Gasteiger partial charge in [-0.1, -0.05) is 13.8 Å².